The molecule has 0 saturated carbocycles. The predicted octanol–water partition coefficient (Wildman–Crippen LogP) is 6.68. The van der Waals surface area contributed by atoms with Gasteiger partial charge in [0.1, 0.15) is 5.69 Å². The molecular formula is C31H32Cl2N4O2. The summed E-state index contributed by atoms with van der Waals surface area (Å²) in [5.41, 5.74) is 5.01. The third kappa shape index (κ3) is 5.98. The first-order chi connectivity index (χ1) is 18.8. The number of carbonyl (C=O) groups is 2. The van der Waals surface area contributed by atoms with Gasteiger partial charge in [0.25, 0.3) is 5.91 Å². The van der Waals surface area contributed by atoms with E-state index in [1.54, 1.807) is 11.8 Å². The highest BCUT2D eigenvalue weighted by Gasteiger charge is 2.26. The molecule has 0 aliphatic carbocycles. The van der Waals surface area contributed by atoms with E-state index >= 15 is 0 Å². The number of benzene rings is 3. The maximum atomic E-state index is 14.1. The number of aromatic nitrogens is 1. The zero-order valence-electron chi connectivity index (χ0n) is 22.2. The average Bonchev–Trinajstić information content (AvgIpc) is 3.25. The molecule has 202 valence electrons. The van der Waals surface area contributed by atoms with E-state index in [2.05, 4.69) is 22.0 Å². The van der Waals surface area contributed by atoms with Crippen LogP contribution in [0.2, 0.25) is 10.0 Å². The van der Waals surface area contributed by atoms with Gasteiger partial charge in [-0.2, -0.15) is 0 Å². The van der Waals surface area contributed by atoms with Crippen LogP contribution in [0, 0.1) is 6.92 Å². The molecule has 1 aliphatic rings. The van der Waals surface area contributed by atoms with Gasteiger partial charge in [0.2, 0.25) is 5.91 Å². The molecule has 0 fully saturated rings. The number of halogens is 2. The predicted molar refractivity (Wildman–Crippen MR) is 159 cm³/mol. The van der Waals surface area contributed by atoms with Gasteiger partial charge in [0.15, 0.2) is 0 Å². The van der Waals surface area contributed by atoms with Gasteiger partial charge in [-0.1, -0.05) is 71.7 Å². The molecule has 0 radical (unpaired) electrons. The maximum Gasteiger partial charge on any atom is 0.270 e. The third-order valence-electron chi connectivity index (χ3n) is 7.41. The first-order valence-electron chi connectivity index (χ1n) is 13.2. The molecule has 1 N–H and O–H groups in total. The lowest BCUT2D eigenvalue weighted by Crippen LogP contribution is -2.39. The first kappa shape index (κ1) is 27.3. The molecule has 2 heterocycles. The zero-order chi connectivity index (χ0) is 27.5. The van der Waals surface area contributed by atoms with Crippen molar-refractivity contribution in [2.45, 2.75) is 33.4 Å². The van der Waals surface area contributed by atoms with Gasteiger partial charge < -0.3 is 14.8 Å². The van der Waals surface area contributed by atoms with Crippen LogP contribution in [0.4, 0.5) is 5.69 Å². The fraction of sp³-hybridized carbons (Fsp3) is 0.290. The number of carbonyl (C=O) groups excluding carboxylic acids is 2. The van der Waals surface area contributed by atoms with Crippen molar-refractivity contribution >= 4 is 51.6 Å². The number of H-pyrrole nitrogens is 1. The Hall–Kier alpha value is -3.32. The van der Waals surface area contributed by atoms with Crippen LogP contribution < -0.4 is 4.90 Å². The normalized spacial score (nSPS) is 15.2. The standard InChI is InChI=1S/C31H32Cl2N4O2/c1-21-26-10-6-11-27(33)30(26)34-29(21)31(39)36-17-16-35(19-23-8-4-3-5-9-23)14-7-15-37(22(2)38)28-18-25(32)13-12-24(28)20-36/h3-6,8-13,18,34H,7,14-17,19-20H2,1-2H3. The summed E-state index contributed by atoms with van der Waals surface area (Å²) in [6.45, 7) is 7.22. The second kappa shape index (κ2) is 11.8. The van der Waals surface area contributed by atoms with Gasteiger partial charge >= 0.3 is 0 Å². The van der Waals surface area contributed by atoms with Gasteiger partial charge in [0.05, 0.1) is 16.2 Å². The van der Waals surface area contributed by atoms with Crippen LogP contribution >= 0.6 is 23.2 Å². The monoisotopic (exact) mass is 562 g/mol. The molecule has 2 amide bonds. The molecule has 0 unspecified atom stereocenters. The van der Waals surface area contributed by atoms with Gasteiger partial charge in [-0.3, -0.25) is 14.5 Å². The number of hydrogen-bond acceptors (Lipinski definition) is 3. The molecule has 0 saturated heterocycles. The summed E-state index contributed by atoms with van der Waals surface area (Å²) in [5, 5.41) is 2.07. The SMILES string of the molecule is CC(=O)N1CCCN(Cc2ccccc2)CCN(C(=O)c2[nH]c3c(Cl)cccc3c2C)Cc2ccc(Cl)cc21. The summed E-state index contributed by atoms with van der Waals surface area (Å²) in [7, 11) is 0. The molecular weight excluding hydrogens is 531 g/mol. The highest BCUT2D eigenvalue weighted by atomic mass is 35.5. The smallest absolute Gasteiger partial charge is 0.270 e. The van der Waals surface area contributed by atoms with Crippen LogP contribution in [-0.2, 0) is 17.9 Å². The Morgan fingerprint density at radius 1 is 0.923 bits per heavy atom. The lowest BCUT2D eigenvalue weighted by molar-refractivity contribution is -0.116. The molecule has 4 aromatic rings. The summed E-state index contributed by atoms with van der Waals surface area (Å²) in [4.78, 5) is 36.2. The number of para-hydroxylation sites is 1. The minimum Gasteiger partial charge on any atom is -0.349 e. The van der Waals surface area contributed by atoms with E-state index < -0.39 is 0 Å². The molecule has 3 aromatic carbocycles. The molecule has 0 bridgehead atoms. The Kier molecular flexibility index (Phi) is 8.26. The summed E-state index contributed by atoms with van der Waals surface area (Å²) >= 11 is 12.8. The molecule has 1 aromatic heterocycles. The van der Waals surface area contributed by atoms with Crippen molar-refractivity contribution in [3.8, 4) is 0 Å². The minimum atomic E-state index is -0.103. The van der Waals surface area contributed by atoms with Crippen molar-refractivity contribution in [3.05, 3.63) is 99.2 Å². The van der Waals surface area contributed by atoms with E-state index in [4.69, 9.17) is 23.2 Å². The highest BCUT2D eigenvalue weighted by Crippen LogP contribution is 2.31. The molecule has 6 nitrogen and oxygen atoms in total. The minimum absolute atomic E-state index is 0.0497. The van der Waals surface area contributed by atoms with E-state index in [0.717, 1.165) is 47.2 Å². The number of aryl methyl sites for hydroxylation is 1. The zero-order valence-corrected chi connectivity index (χ0v) is 23.7. The summed E-state index contributed by atoms with van der Waals surface area (Å²) in [6.07, 6.45) is 0.798. The number of hydrogen-bond donors (Lipinski definition) is 1. The van der Waals surface area contributed by atoms with E-state index in [-0.39, 0.29) is 11.8 Å². The number of rotatable bonds is 3. The fourth-order valence-electron chi connectivity index (χ4n) is 5.34. The van der Waals surface area contributed by atoms with E-state index in [0.29, 0.717) is 41.9 Å². The molecule has 0 atom stereocenters. The largest absolute Gasteiger partial charge is 0.349 e. The lowest BCUT2D eigenvalue weighted by Gasteiger charge is -2.28. The maximum absolute atomic E-state index is 14.1. The van der Waals surface area contributed by atoms with Crippen molar-refractivity contribution < 1.29 is 9.59 Å². The Balaban J connectivity index is 1.54. The number of anilines is 1. The molecule has 1 aliphatic heterocycles. The fourth-order valence-corrected chi connectivity index (χ4v) is 5.73. The molecule has 0 spiro atoms. The molecule has 39 heavy (non-hydrogen) atoms. The number of fused-ring (bicyclic) bond motifs is 2. The van der Waals surface area contributed by atoms with Gasteiger partial charge in [-0.05, 0) is 48.2 Å². The van der Waals surface area contributed by atoms with Crippen LogP contribution in [0.15, 0.2) is 66.7 Å². The second-order valence-corrected chi connectivity index (χ2v) is 10.9. The van der Waals surface area contributed by atoms with Gasteiger partial charge in [-0.25, -0.2) is 0 Å². The summed E-state index contributed by atoms with van der Waals surface area (Å²) in [5.74, 6) is -0.152. The summed E-state index contributed by atoms with van der Waals surface area (Å²) in [6, 6.07) is 21.6. The molecule has 5 rings (SSSR count). The van der Waals surface area contributed by atoms with Crippen LogP contribution in [-0.4, -0.2) is 52.8 Å². The Bertz CT molecular complexity index is 1500. The van der Waals surface area contributed by atoms with Crippen molar-refractivity contribution in [2.24, 2.45) is 0 Å². The highest BCUT2D eigenvalue weighted by molar-refractivity contribution is 6.35. The Labute approximate surface area is 239 Å². The average molecular weight is 564 g/mol. The number of aromatic amines is 1. The third-order valence-corrected chi connectivity index (χ3v) is 7.96. The Morgan fingerprint density at radius 3 is 2.46 bits per heavy atom. The quantitative estimate of drug-likeness (QED) is 0.303. The van der Waals surface area contributed by atoms with Crippen molar-refractivity contribution in [1.29, 1.82) is 0 Å². The summed E-state index contributed by atoms with van der Waals surface area (Å²) < 4.78 is 0. The van der Waals surface area contributed by atoms with Crippen LogP contribution in [0.1, 0.15) is 40.5 Å². The van der Waals surface area contributed by atoms with Crippen molar-refractivity contribution in [3.63, 3.8) is 0 Å². The van der Waals surface area contributed by atoms with Gasteiger partial charge in [0, 0.05) is 56.6 Å². The van der Waals surface area contributed by atoms with Crippen LogP contribution in [0.25, 0.3) is 10.9 Å². The number of amides is 2. The van der Waals surface area contributed by atoms with Crippen molar-refractivity contribution in [2.75, 3.05) is 31.1 Å². The topological polar surface area (TPSA) is 59.7 Å². The van der Waals surface area contributed by atoms with Gasteiger partial charge in [-0.15, -0.1) is 0 Å². The van der Waals surface area contributed by atoms with E-state index in [9.17, 15) is 9.59 Å². The second-order valence-electron chi connectivity index (χ2n) is 10.1. The number of nitrogens with one attached hydrogen (secondary N) is 1. The Morgan fingerprint density at radius 2 is 1.72 bits per heavy atom. The lowest BCUT2D eigenvalue weighted by atomic mass is 10.1. The van der Waals surface area contributed by atoms with Crippen LogP contribution in [0.5, 0.6) is 0 Å². The van der Waals surface area contributed by atoms with Crippen LogP contribution in [0.3, 0.4) is 0 Å². The van der Waals surface area contributed by atoms with E-state index in [1.165, 1.54) is 5.56 Å². The first-order valence-corrected chi connectivity index (χ1v) is 14.0. The van der Waals surface area contributed by atoms with E-state index in [1.807, 2.05) is 66.4 Å². The van der Waals surface area contributed by atoms with Crippen molar-refractivity contribution in [1.82, 2.24) is 14.8 Å². The molecule has 8 heteroatoms. The number of nitrogens with zero attached hydrogens (tertiary/aromatic N) is 3.